The number of nitrogens with one attached hydrogen (secondary N) is 2. The van der Waals surface area contributed by atoms with Crippen LogP contribution in [0.15, 0.2) is 23.6 Å². The van der Waals surface area contributed by atoms with E-state index in [2.05, 4.69) is 20.5 Å². The lowest BCUT2D eigenvalue weighted by Crippen LogP contribution is -2.27. The molecule has 0 fully saturated rings. The third-order valence-electron chi connectivity index (χ3n) is 3.16. The number of hydrogen-bond donors (Lipinski definition) is 3. The zero-order valence-corrected chi connectivity index (χ0v) is 12.5. The average molecular weight is 301 g/mol. The molecule has 0 radical (unpaired) electrons. The summed E-state index contributed by atoms with van der Waals surface area (Å²) in [6, 6.07) is 5.15. The quantitative estimate of drug-likeness (QED) is 0.647. The zero-order valence-electron chi connectivity index (χ0n) is 11.7. The van der Waals surface area contributed by atoms with E-state index in [9.17, 15) is 4.79 Å². The van der Waals surface area contributed by atoms with Crippen molar-refractivity contribution in [3.63, 3.8) is 0 Å². The van der Waals surface area contributed by atoms with Gasteiger partial charge in [0.15, 0.2) is 5.69 Å². The number of hydrogen-bond acceptors (Lipinski definition) is 5. The maximum atomic E-state index is 12.4. The average Bonchev–Trinajstić information content (AvgIpc) is 3.04. The van der Waals surface area contributed by atoms with E-state index in [1.165, 1.54) is 11.3 Å². The van der Waals surface area contributed by atoms with Crippen molar-refractivity contribution in [2.45, 2.75) is 19.9 Å². The third kappa shape index (κ3) is 2.59. The van der Waals surface area contributed by atoms with Crippen LogP contribution >= 0.6 is 11.3 Å². The Morgan fingerprint density at radius 1 is 1.48 bits per heavy atom. The number of nitrogen functional groups attached to an aromatic ring is 1. The van der Waals surface area contributed by atoms with Crippen LogP contribution in [0.5, 0.6) is 0 Å². The van der Waals surface area contributed by atoms with E-state index in [1.54, 1.807) is 12.1 Å². The molecule has 1 unspecified atom stereocenters. The van der Waals surface area contributed by atoms with Gasteiger partial charge in [0.05, 0.1) is 11.6 Å². The van der Waals surface area contributed by atoms with Crippen molar-refractivity contribution in [3.8, 4) is 0 Å². The van der Waals surface area contributed by atoms with Gasteiger partial charge in [-0.1, -0.05) is 0 Å². The molecular formula is C14H15N5OS. The van der Waals surface area contributed by atoms with E-state index in [-0.39, 0.29) is 11.9 Å². The van der Waals surface area contributed by atoms with Gasteiger partial charge in [-0.25, -0.2) is 4.98 Å². The van der Waals surface area contributed by atoms with Crippen LogP contribution in [0.1, 0.15) is 34.2 Å². The van der Waals surface area contributed by atoms with Crippen molar-refractivity contribution in [3.05, 3.63) is 40.0 Å². The van der Waals surface area contributed by atoms with Crippen LogP contribution in [0.25, 0.3) is 10.9 Å². The molecule has 4 N–H and O–H groups in total. The molecule has 0 saturated heterocycles. The van der Waals surface area contributed by atoms with Gasteiger partial charge in [-0.3, -0.25) is 9.89 Å². The summed E-state index contributed by atoms with van der Waals surface area (Å²) in [4.78, 5) is 16.7. The Kier molecular flexibility index (Phi) is 3.34. The first-order chi connectivity index (χ1) is 10.0. The Morgan fingerprint density at radius 2 is 2.29 bits per heavy atom. The lowest BCUT2D eigenvalue weighted by molar-refractivity contribution is 0.0936. The topological polar surface area (TPSA) is 96.7 Å². The second-order valence-electron chi connectivity index (χ2n) is 4.90. The van der Waals surface area contributed by atoms with Crippen molar-refractivity contribution >= 4 is 33.8 Å². The molecule has 21 heavy (non-hydrogen) atoms. The number of anilines is 1. The number of carbonyl (C=O) groups is 1. The summed E-state index contributed by atoms with van der Waals surface area (Å²) in [5.74, 6) is -0.243. The van der Waals surface area contributed by atoms with Crippen LogP contribution in [-0.4, -0.2) is 21.1 Å². The lowest BCUT2D eigenvalue weighted by atomic mass is 10.2. The minimum atomic E-state index is -0.243. The van der Waals surface area contributed by atoms with Crippen LogP contribution in [0.4, 0.5) is 5.69 Å². The molecule has 1 aromatic carbocycles. The monoisotopic (exact) mass is 301 g/mol. The summed E-state index contributed by atoms with van der Waals surface area (Å²) in [5, 5.41) is 13.4. The molecular weight excluding hydrogens is 286 g/mol. The summed E-state index contributed by atoms with van der Waals surface area (Å²) in [6.07, 6.45) is 0. The maximum Gasteiger partial charge on any atom is 0.272 e. The highest BCUT2D eigenvalue weighted by Gasteiger charge is 2.18. The van der Waals surface area contributed by atoms with Crippen molar-refractivity contribution in [2.75, 3.05) is 5.73 Å². The number of nitrogens with two attached hydrogens (primary N) is 1. The van der Waals surface area contributed by atoms with Gasteiger partial charge in [-0.05, 0) is 32.0 Å². The first-order valence-corrected chi connectivity index (χ1v) is 7.39. The number of thiazole rings is 1. The molecule has 1 atom stereocenters. The number of fused-ring (bicyclic) bond motifs is 1. The number of amides is 1. The van der Waals surface area contributed by atoms with Gasteiger partial charge < -0.3 is 11.1 Å². The molecule has 0 saturated carbocycles. The van der Waals surface area contributed by atoms with E-state index in [1.807, 2.05) is 25.3 Å². The first-order valence-electron chi connectivity index (χ1n) is 6.51. The highest BCUT2D eigenvalue weighted by atomic mass is 32.1. The second-order valence-corrected chi connectivity index (χ2v) is 5.79. The fourth-order valence-corrected chi connectivity index (χ4v) is 2.91. The molecule has 0 aliphatic rings. The number of nitrogens with zero attached hydrogens (tertiary/aromatic N) is 2. The van der Waals surface area contributed by atoms with Gasteiger partial charge in [0.2, 0.25) is 0 Å². The molecule has 0 aliphatic heterocycles. The minimum absolute atomic E-state index is 0.163. The van der Waals surface area contributed by atoms with Gasteiger partial charge in [-0.15, -0.1) is 11.3 Å². The first kappa shape index (κ1) is 13.6. The fraction of sp³-hybridized carbons (Fsp3) is 0.214. The number of aromatic amines is 1. The highest BCUT2D eigenvalue weighted by molar-refractivity contribution is 7.09. The normalized spacial score (nSPS) is 12.5. The van der Waals surface area contributed by atoms with Crippen molar-refractivity contribution in [2.24, 2.45) is 0 Å². The predicted molar refractivity (Wildman–Crippen MR) is 83.2 cm³/mol. The largest absolute Gasteiger partial charge is 0.399 e. The standard InChI is InChI=1S/C14H15N5OS/c1-7-6-21-14(16-7)8(2)17-13(20)12-10-5-9(15)3-4-11(10)18-19-12/h3-6,8H,15H2,1-2H3,(H,17,20)(H,18,19). The van der Waals surface area contributed by atoms with Crippen LogP contribution in [0, 0.1) is 6.92 Å². The van der Waals surface area contributed by atoms with Gasteiger partial charge >= 0.3 is 0 Å². The van der Waals surface area contributed by atoms with Gasteiger partial charge in [0, 0.05) is 22.1 Å². The summed E-state index contributed by atoms with van der Waals surface area (Å²) in [6.45, 7) is 3.83. The van der Waals surface area contributed by atoms with E-state index in [0.717, 1.165) is 21.6 Å². The number of aryl methyl sites for hydroxylation is 1. The summed E-state index contributed by atoms with van der Waals surface area (Å²) in [5.41, 5.74) is 8.45. The lowest BCUT2D eigenvalue weighted by Gasteiger charge is -2.10. The molecule has 0 spiro atoms. The van der Waals surface area contributed by atoms with Crippen molar-refractivity contribution in [1.29, 1.82) is 0 Å². The number of rotatable bonds is 3. The molecule has 2 aromatic heterocycles. The van der Waals surface area contributed by atoms with Crippen molar-refractivity contribution < 1.29 is 4.79 Å². The summed E-state index contributed by atoms with van der Waals surface area (Å²) in [7, 11) is 0. The third-order valence-corrected chi connectivity index (χ3v) is 4.30. The van der Waals surface area contributed by atoms with Crippen molar-refractivity contribution in [1.82, 2.24) is 20.5 Å². The molecule has 7 heteroatoms. The van der Waals surface area contributed by atoms with E-state index in [0.29, 0.717) is 11.4 Å². The number of H-pyrrole nitrogens is 1. The molecule has 3 rings (SSSR count). The predicted octanol–water partition coefficient (Wildman–Crippen LogP) is 2.40. The number of aromatic nitrogens is 3. The molecule has 3 aromatic rings. The second kappa shape index (κ2) is 5.17. The van der Waals surface area contributed by atoms with Gasteiger partial charge in [0.1, 0.15) is 5.01 Å². The minimum Gasteiger partial charge on any atom is -0.399 e. The zero-order chi connectivity index (χ0) is 15.0. The van der Waals surface area contributed by atoms with Crippen LogP contribution in [-0.2, 0) is 0 Å². The Balaban J connectivity index is 1.85. The molecule has 6 nitrogen and oxygen atoms in total. The van der Waals surface area contributed by atoms with Crippen LogP contribution in [0.3, 0.4) is 0 Å². The maximum absolute atomic E-state index is 12.4. The summed E-state index contributed by atoms with van der Waals surface area (Å²) < 4.78 is 0. The fourth-order valence-electron chi connectivity index (χ4n) is 2.10. The summed E-state index contributed by atoms with van der Waals surface area (Å²) >= 11 is 1.53. The van der Waals surface area contributed by atoms with E-state index in [4.69, 9.17) is 5.73 Å². The van der Waals surface area contributed by atoms with E-state index >= 15 is 0 Å². The molecule has 0 bridgehead atoms. The molecule has 0 aliphatic carbocycles. The Labute approximate surface area is 125 Å². The Bertz CT molecular complexity index is 807. The Morgan fingerprint density at radius 3 is 3.00 bits per heavy atom. The van der Waals surface area contributed by atoms with E-state index < -0.39 is 0 Å². The smallest absolute Gasteiger partial charge is 0.272 e. The van der Waals surface area contributed by atoms with Gasteiger partial charge in [-0.2, -0.15) is 5.10 Å². The van der Waals surface area contributed by atoms with Crippen LogP contribution in [0.2, 0.25) is 0 Å². The SMILES string of the molecule is Cc1csc(C(C)NC(=O)c2n[nH]c3ccc(N)cc23)n1. The van der Waals surface area contributed by atoms with Crippen LogP contribution < -0.4 is 11.1 Å². The molecule has 1 amide bonds. The van der Waals surface area contributed by atoms with Gasteiger partial charge in [0.25, 0.3) is 5.91 Å². The number of benzene rings is 1. The Hall–Kier alpha value is -2.41. The molecule has 108 valence electrons. The number of carbonyl (C=O) groups excluding carboxylic acids is 1. The highest BCUT2D eigenvalue weighted by Crippen LogP contribution is 2.21. The molecule has 2 heterocycles.